The number of carbonyl (C=O) groups is 1. The van der Waals surface area contributed by atoms with E-state index in [-0.39, 0.29) is 6.09 Å². The number of likely N-dealkylation sites (tertiary alicyclic amines) is 1. The van der Waals surface area contributed by atoms with Crippen molar-refractivity contribution in [2.75, 3.05) is 19.6 Å². The van der Waals surface area contributed by atoms with Gasteiger partial charge in [0.1, 0.15) is 5.60 Å². The van der Waals surface area contributed by atoms with Gasteiger partial charge in [-0.05, 0) is 63.8 Å². The van der Waals surface area contributed by atoms with Crippen molar-refractivity contribution in [3.05, 3.63) is 34.9 Å². The maximum absolute atomic E-state index is 11.6. The Hall–Kier alpha value is -1.26. The summed E-state index contributed by atoms with van der Waals surface area (Å²) in [5.41, 5.74) is 0.856. The Morgan fingerprint density at radius 3 is 2.70 bits per heavy atom. The van der Waals surface area contributed by atoms with Crippen LogP contribution in [-0.4, -0.2) is 36.2 Å². The van der Waals surface area contributed by atoms with E-state index in [2.05, 4.69) is 22.3 Å². The lowest BCUT2D eigenvalue weighted by molar-refractivity contribution is 0.0525. The highest BCUT2D eigenvalue weighted by molar-refractivity contribution is 6.30. The van der Waals surface area contributed by atoms with Crippen molar-refractivity contribution in [1.82, 2.24) is 10.2 Å². The van der Waals surface area contributed by atoms with Crippen LogP contribution in [0.2, 0.25) is 5.02 Å². The molecule has 0 aliphatic carbocycles. The predicted octanol–water partition coefficient (Wildman–Crippen LogP) is 4.08. The number of alkyl carbamates (subject to hydrolysis) is 1. The highest BCUT2D eigenvalue weighted by atomic mass is 35.5. The maximum atomic E-state index is 11.6. The Bertz CT molecular complexity index is 511. The average Bonchev–Trinajstić information content (AvgIpc) is 2.87. The maximum Gasteiger partial charge on any atom is 0.407 e. The summed E-state index contributed by atoms with van der Waals surface area (Å²) >= 11 is 5.92. The Morgan fingerprint density at radius 1 is 1.35 bits per heavy atom. The van der Waals surface area contributed by atoms with E-state index in [0.717, 1.165) is 31.1 Å². The zero-order valence-electron chi connectivity index (χ0n) is 14.3. The van der Waals surface area contributed by atoms with Gasteiger partial charge in [-0.2, -0.15) is 0 Å². The Labute approximate surface area is 144 Å². The summed E-state index contributed by atoms with van der Waals surface area (Å²) in [4.78, 5) is 14.1. The summed E-state index contributed by atoms with van der Waals surface area (Å²) in [6.45, 7) is 9.45. The van der Waals surface area contributed by atoms with Crippen LogP contribution in [0.5, 0.6) is 0 Å². The number of hydrogen-bond acceptors (Lipinski definition) is 3. The van der Waals surface area contributed by atoms with E-state index in [0.29, 0.717) is 12.5 Å². The first-order valence-electron chi connectivity index (χ1n) is 8.25. The molecule has 1 aliphatic heterocycles. The van der Waals surface area contributed by atoms with Gasteiger partial charge in [-0.1, -0.05) is 23.7 Å². The largest absolute Gasteiger partial charge is 0.444 e. The molecular weight excluding hydrogens is 312 g/mol. The van der Waals surface area contributed by atoms with Crippen molar-refractivity contribution in [3.8, 4) is 0 Å². The van der Waals surface area contributed by atoms with Gasteiger partial charge >= 0.3 is 6.09 Å². The van der Waals surface area contributed by atoms with Crippen LogP contribution >= 0.6 is 11.6 Å². The van der Waals surface area contributed by atoms with Crippen LogP contribution < -0.4 is 5.32 Å². The number of rotatable bonds is 5. The molecule has 5 heteroatoms. The number of nitrogens with zero attached hydrogens (tertiary/aromatic N) is 1. The second kappa shape index (κ2) is 8.02. The van der Waals surface area contributed by atoms with Crippen LogP contribution in [0.4, 0.5) is 4.79 Å². The van der Waals surface area contributed by atoms with E-state index < -0.39 is 5.60 Å². The fourth-order valence-electron chi connectivity index (χ4n) is 2.83. The molecule has 1 aromatic carbocycles. The van der Waals surface area contributed by atoms with Gasteiger partial charge in [-0.3, -0.25) is 4.90 Å². The lowest BCUT2D eigenvalue weighted by Crippen LogP contribution is -2.33. The van der Waals surface area contributed by atoms with Crippen molar-refractivity contribution in [3.63, 3.8) is 0 Å². The highest BCUT2D eigenvalue weighted by Gasteiger charge is 2.22. The number of benzene rings is 1. The SMILES string of the molecule is CC(C)(C)OC(=O)NCCC1CCN(Cc2ccc(Cl)cc2)C1. The van der Waals surface area contributed by atoms with Gasteiger partial charge in [0, 0.05) is 24.7 Å². The van der Waals surface area contributed by atoms with Crippen molar-refractivity contribution in [2.24, 2.45) is 5.92 Å². The zero-order chi connectivity index (χ0) is 16.9. The first kappa shape index (κ1) is 18.1. The van der Waals surface area contributed by atoms with Crippen LogP contribution in [0.15, 0.2) is 24.3 Å². The molecule has 4 nitrogen and oxygen atoms in total. The molecule has 1 aliphatic rings. The summed E-state index contributed by atoms with van der Waals surface area (Å²) in [5.74, 6) is 0.636. The monoisotopic (exact) mass is 338 g/mol. The fourth-order valence-corrected chi connectivity index (χ4v) is 2.96. The molecule has 1 heterocycles. The Kier molecular flexibility index (Phi) is 6.31. The number of halogens is 1. The molecule has 0 aromatic heterocycles. The van der Waals surface area contributed by atoms with Crippen molar-refractivity contribution >= 4 is 17.7 Å². The fraction of sp³-hybridized carbons (Fsp3) is 0.611. The molecule has 1 unspecified atom stereocenters. The third-order valence-electron chi connectivity index (χ3n) is 3.91. The molecule has 2 rings (SSSR count). The molecule has 0 radical (unpaired) electrons. The summed E-state index contributed by atoms with van der Waals surface area (Å²) in [6, 6.07) is 8.05. The number of hydrogen-bond donors (Lipinski definition) is 1. The van der Waals surface area contributed by atoms with Gasteiger partial charge in [-0.25, -0.2) is 4.79 Å². The number of carbonyl (C=O) groups excluding carboxylic acids is 1. The Balaban J connectivity index is 1.65. The van der Waals surface area contributed by atoms with E-state index >= 15 is 0 Å². The van der Waals surface area contributed by atoms with E-state index in [1.807, 2.05) is 32.9 Å². The van der Waals surface area contributed by atoms with Gasteiger partial charge < -0.3 is 10.1 Å². The molecule has 23 heavy (non-hydrogen) atoms. The van der Waals surface area contributed by atoms with Crippen LogP contribution in [-0.2, 0) is 11.3 Å². The summed E-state index contributed by atoms with van der Waals surface area (Å²) in [5, 5.41) is 3.62. The third kappa shape index (κ3) is 6.80. The van der Waals surface area contributed by atoms with E-state index in [1.54, 1.807) is 0 Å². The van der Waals surface area contributed by atoms with E-state index in [4.69, 9.17) is 16.3 Å². The second-order valence-electron chi connectivity index (χ2n) is 7.23. The Morgan fingerprint density at radius 2 is 2.04 bits per heavy atom. The van der Waals surface area contributed by atoms with Crippen LogP contribution in [0.3, 0.4) is 0 Å². The molecule has 0 saturated carbocycles. The molecule has 1 atom stereocenters. The minimum absolute atomic E-state index is 0.325. The van der Waals surface area contributed by atoms with Crippen LogP contribution in [0.25, 0.3) is 0 Å². The first-order chi connectivity index (χ1) is 10.8. The van der Waals surface area contributed by atoms with Gasteiger partial charge in [-0.15, -0.1) is 0 Å². The molecular formula is C18H27ClN2O2. The first-order valence-corrected chi connectivity index (χ1v) is 8.63. The lowest BCUT2D eigenvalue weighted by atomic mass is 10.1. The molecule has 0 bridgehead atoms. The van der Waals surface area contributed by atoms with Crippen molar-refractivity contribution in [2.45, 2.75) is 45.8 Å². The highest BCUT2D eigenvalue weighted by Crippen LogP contribution is 2.21. The van der Waals surface area contributed by atoms with Gasteiger partial charge in [0.15, 0.2) is 0 Å². The van der Waals surface area contributed by atoms with Crippen molar-refractivity contribution in [1.29, 1.82) is 0 Å². The number of amides is 1. The molecule has 1 saturated heterocycles. The molecule has 1 fully saturated rings. The van der Waals surface area contributed by atoms with Crippen LogP contribution in [0, 0.1) is 5.92 Å². The minimum atomic E-state index is -0.438. The van der Waals surface area contributed by atoms with Gasteiger partial charge in [0.05, 0.1) is 0 Å². The standard InChI is InChI=1S/C18H27ClN2O2/c1-18(2,3)23-17(22)20-10-8-15-9-11-21(13-15)12-14-4-6-16(19)7-5-14/h4-7,15H,8-13H2,1-3H3,(H,20,22). The number of ether oxygens (including phenoxy) is 1. The normalized spacial score (nSPS) is 18.9. The summed E-state index contributed by atoms with van der Waals surface area (Å²) < 4.78 is 5.24. The summed E-state index contributed by atoms with van der Waals surface area (Å²) in [7, 11) is 0. The number of nitrogens with one attached hydrogen (secondary N) is 1. The topological polar surface area (TPSA) is 41.6 Å². The third-order valence-corrected chi connectivity index (χ3v) is 4.16. The molecule has 128 valence electrons. The van der Waals surface area contributed by atoms with E-state index in [9.17, 15) is 4.79 Å². The average molecular weight is 339 g/mol. The van der Waals surface area contributed by atoms with Crippen LogP contribution in [0.1, 0.15) is 39.2 Å². The van der Waals surface area contributed by atoms with Gasteiger partial charge in [0.2, 0.25) is 0 Å². The summed E-state index contributed by atoms with van der Waals surface area (Å²) in [6.07, 6.45) is 1.86. The molecule has 1 N–H and O–H groups in total. The predicted molar refractivity (Wildman–Crippen MR) is 93.7 cm³/mol. The molecule has 1 aromatic rings. The lowest BCUT2D eigenvalue weighted by Gasteiger charge is -2.20. The quantitative estimate of drug-likeness (QED) is 0.879. The second-order valence-corrected chi connectivity index (χ2v) is 7.67. The van der Waals surface area contributed by atoms with Gasteiger partial charge in [0.25, 0.3) is 0 Å². The minimum Gasteiger partial charge on any atom is -0.444 e. The smallest absolute Gasteiger partial charge is 0.407 e. The zero-order valence-corrected chi connectivity index (χ0v) is 15.0. The molecule has 0 spiro atoms. The van der Waals surface area contributed by atoms with Crippen molar-refractivity contribution < 1.29 is 9.53 Å². The van der Waals surface area contributed by atoms with E-state index in [1.165, 1.54) is 12.0 Å². The molecule has 1 amide bonds.